The zero-order chi connectivity index (χ0) is 21.2. The van der Waals surface area contributed by atoms with Crippen LogP contribution in [0.2, 0.25) is 0 Å². The topological polar surface area (TPSA) is 66.0 Å². The Kier molecular flexibility index (Phi) is 8.68. The minimum absolute atomic E-state index is 0.0659. The number of rotatable bonds is 12. The molecule has 3 rings (SSSR count). The van der Waals surface area contributed by atoms with Crippen molar-refractivity contribution in [3.8, 4) is 11.1 Å². The van der Waals surface area contributed by atoms with Crippen molar-refractivity contribution < 1.29 is 23.7 Å². The van der Waals surface area contributed by atoms with Gasteiger partial charge in [-0.1, -0.05) is 48.5 Å². The second kappa shape index (κ2) is 11.7. The summed E-state index contributed by atoms with van der Waals surface area (Å²) in [6, 6.07) is 16.6. The summed E-state index contributed by atoms with van der Waals surface area (Å²) in [5, 5.41) is 2.73. The van der Waals surface area contributed by atoms with E-state index in [2.05, 4.69) is 29.6 Å². The number of hydrogen-bond acceptors (Lipinski definition) is 5. The standard InChI is InChI=1S/C24H31NO5/c1-18(2)29-16-15-28-14-13-27-12-11-25-24(26)30-17-23-21-9-5-3-7-19(21)20-8-4-6-10-22(20)23/h3-10,18,23H,11-17H2,1-2H3,(H,25,26). The highest BCUT2D eigenvalue weighted by Gasteiger charge is 2.28. The van der Waals surface area contributed by atoms with E-state index in [1.807, 2.05) is 38.1 Å². The zero-order valence-corrected chi connectivity index (χ0v) is 17.8. The van der Waals surface area contributed by atoms with E-state index >= 15 is 0 Å². The Balaban J connectivity index is 1.30. The molecular weight excluding hydrogens is 382 g/mol. The number of carbonyl (C=O) groups excluding carboxylic acids is 1. The van der Waals surface area contributed by atoms with Gasteiger partial charge in [-0.05, 0) is 36.1 Å². The minimum Gasteiger partial charge on any atom is -0.449 e. The normalized spacial score (nSPS) is 12.6. The summed E-state index contributed by atoms with van der Waals surface area (Å²) >= 11 is 0. The van der Waals surface area contributed by atoms with Crippen LogP contribution in [-0.2, 0) is 18.9 Å². The van der Waals surface area contributed by atoms with Crippen molar-refractivity contribution in [1.29, 1.82) is 0 Å². The molecule has 0 spiro atoms. The Labute approximate surface area is 178 Å². The number of alkyl carbamates (subject to hydrolysis) is 1. The van der Waals surface area contributed by atoms with Crippen molar-refractivity contribution >= 4 is 6.09 Å². The zero-order valence-electron chi connectivity index (χ0n) is 17.8. The summed E-state index contributed by atoms with van der Waals surface area (Å²) < 4.78 is 21.7. The van der Waals surface area contributed by atoms with Crippen LogP contribution in [0.5, 0.6) is 0 Å². The maximum atomic E-state index is 12.1. The van der Waals surface area contributed by atoms with E-state index in [0.717, 1.165) is 0 Å². The monoisotopic (exact) mass is 413 g/mol. The van der Waals surface area contributed by atoms with Gasteiger partial charge < -0.3 is 24.3 Å². The molecule has 0 saturated heterocycles. The molecule has 0 bridgehead atoms. The Bertz CT molecular complexity index is 762. The van der Waals surface area contributed by atoms with Crippen LogP contribution in [0.15, 0.2) is 48.5 Å². The molecule has 162 valence electrons. The molecule has 1 aliphatic carbocycles. The third kappa shape index (κ3) is 6.29. The summed E-state index contributed by atoms with van der Waals surface area (Å²) in [5.74, 6) is 0.0659. The Morgan fingerprint density at radius 1 is 0.867 bits per heavy atom. The predicted octanol–water partition coefficient (Wildman–Crippen LogP) is 3.98. The highest BCUT2D eigenvalue weighted by Crippen LogP contribution is 2.44. The van der Waals surface area contributed by atoms with Crippen molar-refractivity contribution in [1.82, 2.24) is 5.32 Å². The molecule has 30 heavy (non-hydrogen) atoms. The summed E-state index contributed by atoms with van der Waals surface area (Å²) in [6.07, 6.45) is -0.212. The van der Waals surface area contributed by atoms with Crippen molar-refractivity contribution in [3.63, 3.8) is 0 Å². The van der Waals surface area contributed by atoms with Crippen LogP contribution < -0.4 is 5.32 Å². The van der Waals surface area contributed by atoms with Gasteiger partial charge in [-0.2, -0.15) is 0 Å². The van der Waals surface area contributed by atoms with Crippen LogP contribution in [0.25, 0.3) is 11.1 Å². The third-order valence-corrected chi connectivity index (χ3v) is 4.91. The lowest BCUT2D eigenvalue weighted by Gasteiger charge is -2.14. The summed E-state index contributed by atoms with van der Waals surface area (Å²) in [7, 11) is 0. The number of benzene rings is 2. The SMILES string of the molecule is CC(C)OCCOCCOCCNC(=O)OCC1c2ccccc2-c2ccccc21. The van der Waals surface area contributed by atoms with Gasteiger partial charge in [0.1, 0.15) is 6.61 Å². The minimum atomic E-state index is -0.428. The lowest BCUT2D eigenvalue weighted by Crippen LogP contribution is -2.29. The molecular formula is C24H31NO5. The Hall–Kier alpha value is -2.41. The maximum Gasteiger partial charge on any atom is 0.407 e. The molecule has 2 aromatic carbocycles. The smallest absolute Gasteiger partial charge is 0.407 e. The van der Waals surface area contributed by atoms with E-state index in [0.29, 0.717) is 46.2 Å². The molecule has 0 radical (unpaired) electrons. The summed E-state index contributed by atoms with van der Waals surface area (Å²) in [5.41, 5.74) is 4.84. The van der Waals surface area contributed by atoms with Crippen LogP contribution in [0, 0.1) is 0 Å². The molecule has 6 heteroatoms. The van der Waals surface area contributed by atoms with E-state index in [1.54, 1.807) is 0 Å². The Morgan fingerprint density at radius 2 is 1.43 bits per heavy atom. The number of carbonyl (C=O) groups is 1. The van der Waals surface area contributed by atoms with Crippen LogP contribution in [0.1, 0.15) is 30.9 Å². The highest BCUT2D eigenvalue weighted by molar-refractivity contribution is 5.79. The molecule has 6 nitrogen and oxygen atoms in total. The highest BCUT2D eigenvalue weighted by atomic mass is 16.6. The van der Waals surface area contributed by atoms with Gasteiger partial charge in [0.15, 0.2) is 0 Å². The summed E-state index contributed by atoms with van der Waals surface area (Å²) in [6.45, 7) is 7.23. The van der Waals surface area contributed by atoms with Crippen molar-refractivity contribution in [2.75, 3.05) is 46.2 Å². The lowest BCUT2D eigenvalue weighted by atomic mass is 9.98. The number of amides is 1. The first-order valence-electron chi connectivity index (χ1n) is 10.5. The summed E-state index contributed by atoms with van der Waals surface area (Å²) in [4.78, 5) is 12.1. The fraction of sp³-hybridized carbons (Fsp3) is 0.458. The molecule has 0 fully saturated rings. The largest absolute Gasteiger partial charge is 0.449 e. The van der Waals surface area contributed by atoms with Crippen LogP contribution in [0.3, 0.4) is 0 Å². The van der Waals surface area contributed by atoms with Gasteiger partial charge >= 0.3 is 6.09 Å². The van der Waals surface area contributed by atoms with E-state index in [9.17, 15) is 4.79 Å². The lowest BCUT2D eigenvalue weighted by molar-refractivity contribution is -0.00107. The average Bonchev–Trinajstić information content (AvgIpc) is 3.07. The number of fused-ring (bicyclic) bond motifs is 3. The molecule has 2 aromatic rings. The van der Waals surface area contributed by atoms with Gasteiger partial charge in [-0.25, -0.2) is 4.79 Å². The number of hydrogen-bond donors (Lipinski definition) is 1. The first kappa shape index (κ1) is 22.3. The van der Waals surface area contributed by atoms with E-state index in [-0.39, 0.29) is 12.0 Å². The van der Waals surface area contributed by atoms with Crippen molar-refractivity contribution in [2.45, 2.75) is 25.9 Å². The number of ether oxygens (including phenoxy) is 4. The Morgan fingerprint density at radius 3 is 2.07 bits per heavy atom. The third-order valence-electron chi connectivity index (χ3n) is 4.91. The predicted molar refractivity (Wildman–Crippen MR) is 116 cm³/mol. The quantitative estimate of drug-likeness (QED) is 0.533. The second-order valence-electron chi connectivity index (χ2n) is 7.40. The van der Waals surface area contributed by atoms with Gasteiger partial charge in [0.2, 0.25) is 0 Å². The molecule has 1 amide bonds. The maximum absolute atomic E-state index is 12.1. The molecule has 0 atom stereocenters. The fourth-order valence-electron chi connectivity index (χ4n) is 3.54. The first-order valence-corrected chi connectivity index (χ1v) is 10.5. The molecule has 0 aliphatic heterocycles. The van der Waals surface area contributed by atoms with Gasteiger partial charge in [0.05, 0.1) is 39.1 Å². The van der Waals surface area contributed by atoms with Crippen molar-refractivity contribution in [3.05, 3.63) is 59.7 Å². The molecule has 0 heterocycles. The first-order chi connectivity index (χ1) is 14.7. The molecule has 0 saturated carbocycles. The van der Waals surface area contributed by atoms with Crippen LogP contribution in [0.4, 0.5) is 4.79 Å². The van der Waals surface area contributed by atoms with Gasteiger partial charge in [0, 0.05) is 12.5 Å². The van der Waals surface area contributed by atoms with Crippen LogP contribution in [-0.4, -0.2) is 58.4 Å². The number of nitrogens with one attached hydrogen (secondary N) is 1. The second-order valence-corrected chi connectivity index (χ2v) is 7.40. The average molecular weight is 414 g/mol. The van der Waals surface area contributed by atoms with Gasteiger partial charge in [-0.3, -0.25) is 0 Å². The van der Waals surface area contributed by atoms with Crippen molar-refractivity contribution in [2.24, 2.45) is 0 Å². The fourth-order valence-corrected chi connectivity index (χ4v) is 3.54. The molecule has 0 aromatic heterocycles. The van der Waals surface area contributed by atoms with Crippen LogP contribution >= 0.6 is 0 Å². The van der Waals surface area contributed by atoms with E-state index in [4.69, 9.17) is 18.9 Å². The van der Waals surface area contributed by atoms with Gasteiger partial charge in [0.25, 0.3) is 0 Å². The molecule has 0 unspecified atom stereocenters. The van der Waals surface area contributed by atoms with E-state index < -0.39 is 6.09 Å². The van der Waals surface area contributed by atoms with Gasteiger partial charge in [-0.15, -0.1) is 0 Å². The molecule has 1 N–H and O–H groups in total. The molecule has 1 aliphatic rings. The van der Waals surface area contributed by atoms with E-state index in [1.165, 1.54) is 22.3 Å².